The number of aromatic nitrogens is 1. The summed E-state index contributed by atoms with van der Waals surface area (Å²) in [5.41, 5.74) is 2.48. The highest BCUT2D eigenvalue weighted by molar-refractivity contribution is 8.01. The van der Waals surface area contributed by atoms with E-state index in [1.807, 2.05) is 25.1 Å². The lowest BCUT2D eigenvalue weighted by Gasteiger charge is -2.18. The van der Waals surface area contributed by atoms with Crippen molar-refractivity contribution in [2.45, 2.75) is 44.4 Å². The fourth-order valence-corrected chi connectivity index (χ4v) is 7.06. The SMILES string of the molecule is CCOC(=O)c1c(NC(=O)CSc2nc3ccc(OCC)cc3s2)sc2c1CCC(C)C2. The highest BCUT2D eigenvalue weighted by Crippen LogP contribution is 2.40. The van der Waals surface area contributed by atoms with Crippen molar-refractivity contribution >= 4 is 61.5 Å². The van der Waals surface area contributed by atoms with Gasteiger partial charge >= 0.3 is 5.97 Å². The van der Waals surface area contributed by atoms with Gasteiger partial charge in [0, 0.05) is 4.88 Å². The van der Waals surface area contributed by atoms with E-state index in [1.165, 1.54) is 28.0 Å². The van der Waals surface area contributed by atoms with Crippen LogP contribution in [-0.4, -0.2) is 35.8 Å². The second kappa shape index (κ2) is 10.2. The first-order valence-electron chi connectivity index (χ1n) is 10.8. The number of thioether (sulfide) groups is 1. The average Bonchev–Trinajstić information content (AvgIpc) is 3.32. The minimum atomic E-state index is -0.348. The number of ether oxygens (including phenoxy) is 2. The lowest BCUT2D eigenvalue weighted by molar-refractivity contribution is -0.113. The number of anilines is 1. The van der Waals surface area contributed by atoms with E-state index in [-0.39, 0.29) is 17.6 Å². The predicted molar refractivity (Wildman–Crippen MR) is 132 cm³/mol. The molecule has 4 rings (SSSR count). The topological polar surface area (TPSA) is 77.5 Å². The number of amides is 1. The fraction of sp³-hybridized carbons (Fsp3) is 0.435. The Hall–Kier alpha value is -2.10. The second-order valence-electron chi connectivity index (χ2n) is 7.66. The molecule has 3 aromatic rings. The third kappa shape index (κ3) is 5.10. The molecule has 6 nitrogen and oxygen atoms in total. The van der Waals surface area contributed by atoms with Gasteiger partial charge in [0.05, 0.1) is 34.7 Å². The van der Waals surface area contributed by atoms with Gasteiger partial charge in [-0.05, 0) is 62.8 Å². The summed E-state index contributed by atoms with van der Waals surface area (Å²) in [6.45, 7) is 6.89. The number of thiophene rings is 1. The molecular formula is C23H26N2O4S3. The van der Waals surface area contributed by atoms with Crippen LogP contribution in [0.15, 0.2) is 22.5 Å². The van der Waals surface area contributed by atoms with Gasteiger partial charge in [-0.15, -0.1) is 22.7 Å². The van der Waals surface area contributed by atoms with Gasteiger partial charge in [-0.2, -0.15) is 0 Å². The Labute approximate surface area is 199 Å². The third-order valence-corrected chi connectivity index (χ3v) is 8.55. The molecule has 32 heavy (non-hydrogen) atoms. The quantitative estimate of drug-likeness (QED) is 0.318. The van der Waals surface area contributed by atoms with Crippen LogP contribution in [0.1, 0.15) is 48.0 Å². The molecule has 1 aliphatic rings. The molecule has 1 unspecified atom stereocenters. The zero-order valence-corrected chi connectivity index (χ0v) is 20.8. The van der Waals surface area contributed by atoms with Crippen molar-refractivity contribution in [1.29, 1.82) is 0 Å². The van der Waals surface area contributed by atoms with E-state index < -0.39 is 0 Å². The molecule has 9 heteroatoms. The first-order chi connectivity index (χ1) is 15.5. The van der Waals surface area contributed by atoms with Gasteiger partial charge in [0.1, 0.15) is 10.8 Å². The minimum absolute atomic E-state index is 0.151. The molecule has 1 atom stereocenters. The van der Waals surface area contributed by atoms with Crippen LogP contribution in [0.4, 0.5) is 5.00 Å². The van der Waals surface area contributed by atoms with Crippen LogP contribution in [0.25, 0.3) is 10.2 Å². The number of hydrogen-bond acceptors (Lipinski definition) is 8. The fourth-order valence-electron chi connectivity index (χ4n) is 3.75. The van der Waals surface area contributed by atoms with E-state index in [4.69, 9.17) is 9.47 Å². The number of rotatable bonds is 8. The lowest BCUT2D eigenvalue weighted by Crippen LogP contribution is -2.17. The summed E-state index contributed by atoms with van der Waals surface area (Å²) in [6.07, 6.45) is 2.83. The minimum Gasteiger partial charge on any atom is -0.494 e. The maximum atomic E-state index is 12.7. The highest BCUT2D eigenvalue weighted by atomic mass is 32.2. The summed E-state index contributed by atoms with van der Waals surface area (Å²) in [6, 6.07) is 5.82. The van der Waals surface area contributed by atoms with Crippen LogP contribution < -0.4 is 10.1 Å². The molecule has 1 aliphatic carbocycles. The Bertz CT molecular complexity index is 1140. The first-order valence-corrected chi connectivity index (χ1v) is 13.4. The van der Waals surface area contributed by atoms with Crippen LogP contribution in [0.5, 0.6) is 5.75 Å². The largest absolute Gasteiger partial charge is 0.494 e. The van der Waals surface area contributed by atoms with Gasteiger partial charge < -0.3 is 14.8 Å². The van der Waals surface area contributed by atoms with Crippen LogP contribution in [0.3, 0.4) is 0 Å². The molecule has 0 saturated carbocycles. The van der Waals surface area contributed by atoms with Crippen LogP contribution >= 0.6 is 34.4 Å². The number of nitrogens with one attached hydrogen (secondary N) is 1. The second-order valence-corrected chi connectivity index (χ2v) is 11.0. The summed E-state index contributed by atoms with van der Waals surface area (Å²) >= 11 is 4.45. The van der Waals surface area contributed by atoms with Crippen molar-refractivity contribution < 1.29 is 19.1 Å². The molecule has 0 saturated heterocycles. The predicted octanol–water partition coefficient (Wildman–Crippen LogP) is 5.79. The summed E-state index contributed by atoms with van der Waals surface area (Å²) in [5, 5.41) is 3.58. The lowest BCUT2D eigenvalue weighted by atomic mass is 9.88. The molecule has 1 amide bonds. The number of fused-ring (bicyclic) bond motifs is 2. The normalized spacial score (nSPS) is 15.4. The summed E-state index contributed by atoms with van der Waals surface area (Å²) < 4.78 is 12.7. The number of thiazole rings is 1. The Balaban J connectivity index is 1.46. The molecule has 1 aromatic carbocycles. The van der Waals surface area contributed by atoms with Gasteiger partial charge in [0.15, 0.2) is 4.34 Å². The van der Waals surface area contributed by atoms with E-state index in [9.17, 15) is 9.59 Å². The maximum Gasteiger partial charge on any atom is 0.341 e. The van der Waals surface area contributed by atoms with Crippen molar-refractivity contribution in [3.8, 4) is 5.75 Å². The molecule has 1 N–H and O–H groups in total. The number of nitrogens with zero attached hydrogens (tertiary/aromatic N) is 1. The van der Waals surface area contributed by atoms with Gasteiger partial charge in [-0.25, -0.2) is 9.78 Å². The molecule has 2 heterocycles. The molecular weight excluding hydrogens is 464 g/mol. The van der Waals surface area contributed by atoms with Crippen LogP contribution in [-0.2, 0) is 22.4 Å². The number of carbonyl (C=O) groups excluding carboxylic acids is 2. The summed E-state index contributed by atoms with van der Waals surface area (Å²) in [7, 11) is 0. The van der Waals surface area contributed by atoms with Crippen molar-refractivity contribution in [2.75, 3.05) is 24.3 Å². The molecule has 0 radical (unpaired) electrons. The Morgan fingerprint density at radius 3 is 2.88 bits per heavy atom. The van der Waals surface area contributed by atoms with Gasteiger partial charge in [0.25, 0.3) is 0 Å². The zero-order chi connectivity index (χ0) is 22.7. The Morgan fingerprint density at radius 2 is 2.09 bits per heavy atom. The summed E-state index contributed by atoms with van der Waals surface area (Å²) in [4.78, 5) is 31.1. The number of esters is 1. The van der Waals surface area contributed by atoms with Gasteiger partial charge in [-0.1, -0.05) is 18.7 Å². The highest BCUT2D eigenvalue weighted by Gasteiger charge is 2.29. The van der Waals surface area contributed by atoms with E-state index in [1.54, 1.807) is 18.3 Å². The van der Waals surface area contributed by atoms with E-state index in [0.29, 0.717) is 29.7 Å². The van der Waals surface area contributed by atoms with Crippen molar-refractivity contribution in [2.24, 2.45) is 5.92 Å². The van der Waals surface area contributed by atoms with Crippen LogP contribution in [0, 0.1) is 5.92 Å². The number of benzene rings is 1. The molecule has 0 fully saturated rings. The molecule has 0 spiro atoms. The van der Waals surface area contributed by atoms with Gasteiger partial charge in [-0.3, -0.25) is 4.79 Å². The molecule has 2 aromatic heterocycles. The van der Waals surface area contributed by atoms with Crippen molar-refractivity contribution in [3.63, 3.8) is 0 Å². The Kier molecular flexibility index (Phi) is 7.37. The monoisotopic (exact) mass is 490 g/mol. The average molecular weight is 491 g/mol. The van der Waals surface area contributed by atoms with Crippen molar-refractivity contribution in [3.05, 3.63) is 34.2 Å². The molecule has 0 bridgehead atoms. The van der Waals surface area contributed by atoms with Gasteiger partial charge in [0.2, 0.25) is 5.91 Å². The third-order valence-electron chi connectivity index (χ3n) is 5.22. The Morgan fingerprint density at radius 1 is 1.25 bits per heavy atom. The smallest absolute Gasteiger partial charge is 0.341 e. The first kappa shape index (κ1) is 23.1. The van der Waals surface area contributed by atoms with Crippen LogP contribution in [0.2, 0.25) is 0 Å². The standard InChI is InChI=1S/C23H26N2O4S3/c1-4-28-14-7-9-16-18(11-14)32-23(24-16)30-12-19(26)25-21-20(22(27)29-5-2)15-8-6-13(3)10-17(15)31-21/h7,9,11,13H,4-6,8,10,12H2,1-3H3,(H,25,26). The summed E-state index contributed by atoms with van der Waals surface area (Å²) in [5.74, 6) is 1.12. The zero-order valence-electron chi connectivity index (χ0n) is 18.4. The van der Waals surface area contributed by atoms with E-state index in [0.717, 1.165) is 45.1 Å². The molecule has 170 valence electrons. The maximum absolute atomic E-state index is 12.7. The molecule has 0 aliphatic heterocycles. The number of carbonyl (C=O) groups is 2. The van der Waals surface area contributed by atoms with E-state index >= 15 is 0 Å². The number of hydrogen-bond donors (Lipinski definition) is 1. The van der Waals surface area contributed by atoms with Crippen molar-refractivity contribution in [1.82, 2.24) is 4.98 Å². The van der Waals surface area contributed by atoms with E-state index in [2.05, 4.69) is 17.2 Å².